The van der Waals surface area contributed by atoms with Crippen LogP contribution in [-0.2, 0) is 9.59 Å². The van der Waals surface area contributed by atoms with Crippen LogP contribution in [0.3, 0.4) is 0 Å². The third kappa shape index (κ3) is 5.73. The number of piperazine rings is 1. The van der Waals surface area contributed by atoms with Crippen LogP contribution in [0.1, 0.15) is 6.92 Å². The zero-order chi connectivity index (χ0) is 17.4. The van der Waals surface area contributed by atoms with E-state index in [2.05, 4.69) is 26.5 Å². The fourth-order valence-electron chi connectivity index (χ4n) is 2.67. The number of rotatable bonds is 7. The Morgan fingerprint density at radius 2 is 1.83 bits per heavy atom. The second-order valence-electron chi connectivity index (χ2n) is 5.80. The molecular formula is C17H26N4O3. The van der Waals surface area contributed by atoms with E-state index in [0.717, 1.165) is 37.6 Å². The van der Waals surface area contributed by atoms with Crippen LogP contribution in [0.5, 0.6) is 5.75 Å². The Morgan fingerprint density at radius 1 is 1.12 bits per heavy atom. The molecule has 1 aliphatic heterocycles. The second-order valence-corrected chi connectivity index (χ2v) is 5.80. The zero-order valence-corrected chi connectivity index (χ0v) is 14.4. The molecule has 0 atom stereocenters. The first-order valence-electron chi connectivity index (χ1n) is 8.21. The summed E-state index contributed by atoms with van der Waals surface area (Å²) in [7, 11) is 1.67. The number of hydrogen-bond acceptors (Lipinski definition) is 5. The lowest BCUT2D eigenvalue weighted by Crippen LogP contribution is -2.50. The van der Waals surface area contributed by atoms with Crippen molar-refractivity contribution in [3.8, 4) is 5.75 Å². The molecule has 1 fully saturated rings. The van der Waals surface area contributed by atoms with Gasteiger partial charge in [0.25, 0.3) is 0 Å². The molecular weight excluding hydrogens is 308 g/mol. The van der Waals surface area contributed by atoms with Gasteiger partial charge in [0.15, 0.2) is 0 Å². The minimum atomic E-state index is -0.0853. The zero-order valence-electron chi connectivity index (χ0n) is 14.4. The Bertz CT molecular complexity index is 557. The number of hydrogen-bond donors (Lipinski definition) is 2. The number of ether oxygens (including phenoxy) is 1. The minimum Gasteiger partial charge on any atom is -0.497 e. The molecule has 1 aliphatic rings. The molecule has 0 radical (unpaired) electrons. The predicted molar refractivity (Wildman–Crippen MR) is 93.3 cm³/mol. The number of nitrogens with zero attached hydrogens (tertiary/aromatic N) is 2. The molecule has 0 aliphatic carbocycles. The number of amides is 2. The van der Waals surface area contributed by atoms with Gasteiger partial charge in [-0.3, -0.25) is 14.5 Å². The molecule has 0 saturated carbocycles. The van der Waals surface area contributed by atoms with Crippen molar-refractivity contribution in [1.29, 1.82) is 0 Å². The van der Waals surface area contributed by atoms with Gasteiger partial charge in [-0.1, -0.05) is 6.07 Å². The van der Waals surface area contributed by atoms with E-state index < -0.39 is 0 Å². The number of anilines is 1. The fourth-order valence-corrected chi connectivity index (χ4v) is 2.67. The van der Waals surface area contributed by atoms with E-state index in [1.54, 1.807) is 7.11 Å². The predicted octanol–water partition coefficient (Wildman–Crippen LogP) is 0.0695. The summed E-state index contributed by atoms with van der Waals surface area (Å²) >= 11 is 0. The van der Waals surface area contributed by atoms with Gasteiger partial charge in [-0.25, -0.2) is 0 Å². The van der Waals surface area contributed by atoms with Gasteiger partial charge in [0.2, 0.25) is 11.8 Å². The van der Waals surface area contributed by atoms with Gasteiger partial charge >= 0.3 is 0 Å². The molecule has 2 rings (SSSR count). The largest absolute Gasteiger partial charge is 0.497 e. The van der Waals surface area contributed by atoms with Gasteiger partial charge < -0.3 is 20.3 Å². The maximum Gasteiger partial charge on any atom is 0.234 e. The average Bonchev–Trinajstić information content (AvgIpc) is 2.59. The van der Waals surface area contributed by atoms with Crippen molar-refractivity contribution in [1.82, 2.24) is 15.5 Å². The molecule has 2 N–H and O–H groups in total. The minimum absolute atomic E-state index is 0.00446. The Balaban J connectivity index is 1.70. The highest BCUT2D eigenvalue weighted by molar-refractivity contribution is 5.78. The number of methoxy groups -OCH3 is 1. The van der Waals surface area contributed by atoms with Gasteiger partial charge in [-0.2, -0.15) is 0 Å². The number of benzene rings is 1. The number of carbonyl (C=O) groups excluding carboxylic acids is 2. The van der Waals surface area contributed by atoms with Crippen molar-refractivity contribution >= 4 is 17.5 Å². The molecule has 1 aromatic carbocycles. The topological polar surface area (TPSA) is 73.9 Å². The molecule has 132 valence electrons. The molecule has 7 heteroatoms. The molecule has 0 aromatic heterocycles. The van der Waals surface area contributed by atoms with E-state index in [1.807, 2.05) is 18.2 Å². The summed E-state index contributed by atoms with van der Waals surface area (Å²) in [6.45, 7) is 6.23. The third-order valence-corrected chi connectivity index (χ3v) is 3.98. The van der Waals surface area contributed by atoms with Crippen LogP contribution >= 0.6 is 0 Å². The van der Waals surface area contributed by atoms with E-state index in [-0.39, 0.29) is 11.8 Å². The molecule has 1 heterocycles. The molecule has 0 spiro atoms. The SMILES string of the molecule is COc1cccc(N2CCN(CC(=O)NCCNC(C)=O)CC2)c1. The van der Waals surface area contributed by atoms with Crippen molar-refractivity contribution in [3.63, 3.8) is 0 Å². The lowest BCUT2D eigenvalue weighted by molar-refractivity contribution is -0.123. The Hall–Kier alpha value is -2.28. The van der Waals surface area contributed by atoms with E-state index in [1.165, 1.54) is 6.92 Å². The van der Waals surface area contributed by atoms with Crippen molar-refractivity contribution in [2.45, 2.75) is 6.92 Å². The first-order valence-corrected chi connectivity index (χ1v) is 8.21. The third-order valence-electron chi connectivity index (χ3n) is 3.98. The van der Waals surface area contributed by atoms with E-state index >= 15 is 0 Å². The Morgan fingerprint density at radius 3 is 2.50 bits per heavy atom. The Kier molecular flexibility index (Phi) is 6.87. The quantitative estimate of drug-likeness (QED) is 0.691. The lowest BCUT2D eigenvalue weighted by atomic mass is 10.2. The Labute approximate surface area is 142 Å². The summed E-state index contributed by atoms with van der Waals surface area (Å²) in [6.07, 6.45) is 0. The van der Waals surface area contributed by atoms with Crippen molar-refractivity contribution in [2.24, 2.45) is 0 Å². The summed E-state index contributed by atoms with van der Waals surface area (Å²) in [4.78, 5) is 27.1. The average molecular weight is 334 g/mol. The normalized spacial score (nSPS) is 15.0. The molecule has 1 saturated heterocycles. The van der Waals surface area contributed by atoms with Gasteiger partial charge in [0, 0.05) is 57.9 Å². The fraction of sp³-hybridized carbons (Fsp3) is 0.529. The van der Waals surface area contributed by atoms with Crippen molar-refractivity contribution in [2.75, 3.05) is 57.8 Å². The van der Waals surface area contributed by atoms with Crippen LogP contribution in [0.2, 0.25) is 0 Å². The lowest BCUT2D eigenvalue weighted by Gasteiger charge is -2.35. The summed E-state index contributed by atoms with van der Waals surface area (Å²) in [5.41, 5.74) is 1.15. The summed E-state index contributed by atoms with van der Waals surface area (Å²) in [5.74, 6) is 0.765. The van der Waals surface area contributed by atoms with Gasteiger partial charge in [-0.15, -0.1) is 0 Å². The standard InChI is InChI=1S/C17H26N4O3/c1-14(22)18-6-7-19-17(23)13-20-8-10-21(11-9-20)15-4-3-5-16(12-15)24-2/h3-5,12H,6-11,13H2,1-2H3,(H,18,22)(H,19,23). The molecule has 24 heavy (non-hydrogen) atoms. The molecule has 0 unspecified atom stereocenters. The summed E-state index contributed by atoms with van der Waals surface area (Å²) < 4.78 is 5.26. The first-order chi connectivity index (χ1) is 11.6. The highest BCUT2D eigenvalue weighted by Gasteiger charge is 2.19. The highest BCUT2D eigenvalue weighted by Crippen LogP contribution is 2.21. The van der Waals surface area contributed by atoms with E-state index in [0.29, 0.717) is 19.6 Å². The van der Waals surface area contributed by atoms with Crippen LogP contribution in [-0.4, -0.2) is 69.6 Å². The van der Waals surface area contributed by atoms with Crippen molar-refractivity contribution in [3.05, 3.63) is 24.3 Å². The number of carbonyl (C=O) groups is 2. The molecule has 1 aromatic rings. The van der Waals surface area contributed by atoms with E-state index in [4.69, 9.17) is 4.74 Å². The highest BCUT2D eigenvalue weighted by atomic mass is 16.5. The van der Waals surface area contributed by atoms with Gasteiger partial charge in [0.1, 0.15) is 5.75 Å². The molecule has 7 nitrogen and oxygen atoms in total. The van der Waals surface area contributed by atoms with Gasteiger partial charge in [0.05, 0.1) is 13.7 Å². The van der Waals surface area contributed by atoms with Crippen LogP contribution in [0.15, 0.2) is 24.3 Å². The van der Waals surface area contributed by atoms with E-state index in [9.17, 15) is 9.59 Å². The molecule has 2 amide bonds. The first kappa shape index (κ1) is 18.1. The van der Waals surface area contributed by atoms with Crippen LogP contribution in [0.4, 0.5) is 5.69 Å². The van der Waals surface area contributed by atoms with Gasteiger partial charge in [-0.05, 0) is 12.1 Å². The van der Waals surface area contributed by atoms with Crippen LogP contribution in [0, 0.1) is 0 Å². The maximum atomic E-state index is 11.9. The monoisotopic (exact) mass is 334 g/mol. The maximum absolute atomic E-state index is 11.9. The summed E-state index contributed by atoms with van der Waals surface area (Å²) in [5, 5.41) is 5.47. The smallest absolute Gasteiger partial charge is 0.234 e. The summed E-state index contributed by atoms with van der Waals surface area (Å²) in [6, 6.07) is 8.03. The van der Waals surface area contributed by atoms with Crippen LogP contribution < -0.4 is 20.3 Å². The number of nitrogens with one attached hydrogen (secondary N) is 2. The van der Waals surface area contributed by atoms with Crippen molar-refractivity contribution < 1.29 is 14.3 Å². The molecule has 0 bridgehead atoms. The second kappa shape index (κ2) is 9.12. The van der Waals surface area contributed by atoms with Crippen LogP contribution in [0.25, 0.3) is 0 Å².